The van der Waals surface area contributed by atoms with Gasteiger partial charge in [-0.15, -0.1) is 0 Å². The Kier molecular flexibility index (Phi) is 3.32. The SMILES string of the molecule is CCn1cc(N)cc1C(=O)Nc1ccnc(C)c1. The highest BCUT2D eigenvalue weighted by Crippen LogP contribution is 2.14. The Morgan fingerprint density at radius 3 is 2.94 bits per heavy atom. The Hall–Kier alpha value is -2.30. The first-order valence-corrected chi connectivity index (χ1v) is 5.80. The van der Waals surface area contributed by atoms with Gasteiger partial charge in [-0.3, -0.25) is 9.78 Å². The Balaban J connectivity index is 2.21. The zero-order chi connectivity index (χ0) is 13.1. The molecule has 1 amide bonds. The van der Waals surface area contributed by atoms with E-state index in [0.29, 0.717) is 17.9 Å². The number of rotatable bonds is 3. The molecule has 2 aromatic heterocycles. The van der Waals surface area contributed by atoms with E-state index in [1.54, 1.807) is 24.5 Å². The van der Waals surface area contributed by atoms with Gasteiger partial charge in [-0.2, -0.15) is 0 Å². The first kappa shape index (κ1) is 12.2. The maximum atomic E-state index is 12.1. The second kappa shape index (κ2) is 4.91. The van der Waals surface area contributed by atoms with Crippen molar-refractivity contribution in [1.29, 1.82) is 0 Å². The van der Waals surface area contributed by atoms with Gasteiger partial charge in [-0.25, -0.2) is 0 Å². The Bertz CT molecular complexity index is 574. The lowest BCUT2D eigenvalue weighted by molar-refractivity contribution is 0.101. The molecule has 2 rings (SSSR count). The van der Waals surface area contributed by atoms with E-state index in [2.05, 4.69) is 10.3 Å². The third-order valence-electron chi connectivity index (χ3n) is 2.65. The van der Waals surface area contributed by atoms with Crippen LogP contribution in [0.25, 0.3) is 0 Å². The first-order valence-electron chi connectivity index (χ1n) is 5.80. The molecule has 0 aliphatic heterocycles. The molecule has 0 radical (unpaired) electrons. The summed E-state index contributed by atoms with van der Waals surface area (Å²) in [7, 11) is 0. The average molecular weight is 244 g/mol. The minimum Gasteiger partial charge on any atom is -0.397 e. The van der Waals surface area contributed by atoms with Crippen LogP contribution in [0.4, 0.5) is 11.4 Å². The van der Waals surface area contributed by atoms with E-state index in [1.165, 1.54) is 0 Å². The van der Waals surface area contributed by atoms with E-state index in [9.17, 15) is 4.79 Å². The number of carbonyl (C=O) groups excluding carboxylic acids is 1. The molecular formula is C13H16N4O. The molecule has 0 aliphatic rings. The van der Waals surface area contributed by atoms with Gasteiger partial charge in [0.15, 0.2) is 0 Å². The Morgan fingerprint density at radius 2 is 2.28 bits per heavy atom. The molecule has 5 nitrogen and oxygen atoms in total. The average Bonchev–Trinajstić information content (AvgIpc) is 2.70. The largest absolute Gasteiger partial charge is 0.397 e. The lowest BCUT2D eigenvalue weighted by Gasteiger charge is -2.07. The van der Waals surface area contributed by atoms with Crippen LogP contribution >= 0.6 is 0 Å². The molecule has 3 N–H and O–H groups in total. The fourth-order valence-corrected chi connectivity index (χ4v) is 1.80. The van der Waals surface area contributed by atoms with Crippen LogP contribution < -0.4 is 11.1 Å². The van der Waals surface area contributed by atoms with Crippen LogP contribution in [-0.4, -0.2) is 15.5 Å². The van der Waals surface area contributed by atoms with Gasteiger partial charge in [0.2, 0.25) is 0 Å². The van der Waals surface area contributed by atoms with Crippen LogP contribution in [-0.2, 0) is 6.54 Å². The molecule has 0 aromatic carbocycles. The number of nitrogens with two attached hydrogens (primary N) is 1. The molecule has 0 aliphatic carbocycles. The molecule has 0 saturated heterocycles. The van der Waals surface area contributed by atoms with Gasteiger partial charge in [0.25, 0.3) is 5.91 Å². The Labute approximate surface area is 106 Å². The van der Waals surface area contributed by atoms with E-state index in [0.717, 1.165) is 11.4 Å². The fourth-order valence-electron chi connectivity index (χ4n) is 1.80. The molecule has 0 bridgehead atoms. The highest BCUT2D eigenvalue weighted by Gasteiger charge is 2.12. The van der Waals surface area contributed by atoms with Gasteiger partial charge in [0.05, 0.1) is 5.69 Å². The number of anilines is 2. The van der Waals surface area contributed by atoms with Crippen LogP contribution in [0.5, 0.6) is 0 Å². The lowest BCUT2D eigenvalue weighted by atomic mass is 10.3. The Morgan fingerprint density at radius 1 is 1.50 bits per heavy atom. The zero-order valence-corrected chi connectivity index (χ0v) is 10.5. The van der Waals surface area contributed by atoms with Gasteiger partial charge >= 0.3 is 0 Å². The van der Waals surface area contributed by atoms with Gasteiger partial charge in [-0.05, 0) is 32.0 Å². The minimum absolute atomic E-state index is 0.167. The predicted molar refractivity (Wildman–Crippen MR) is 71.4 cm³/mol. The van der Waals surface area contributed by atoms with Crippen LogP contribution in [0, 0.1) is 6.92 Å². The fraction of sp³-hybridized carbons (Fsp3) is 0.231. The number of carbonyl (C=O) groups is 1. The molecule has 5 heteroatoms. The molecular weight excluding hydrogens is 228 g/mol. The van der Waals surface area contributed by atoms with Crippen molar-refractivity contribution >= 4 is 17.3 Å². The zero-order valence-electron chi connectivity index (χ0n) is 10.5. The molecule has 0 spiro atoms. The highest BCUT2D eigenvalue weighted by atomic mass is 16.1. The number of hydrogen-bond donors (Lipinski definition) is 2. The quantitative estimate of drug-likeness (QED) is 0.867. The number of hydrogen-bond acceptors (Lipinski definition) is 3. The summed E-state index contributed by atoms with van der Waals surface area (Å²) in [4.78, 5) is 16.2. The summed E-state index contributed by atoms with van der Waals surface area (Å²) >= 11 is 0. The van der Waals surface area contributed by atoms with Crippen molar-refractivity contribution in [2.45, 2.75) is 20.4 Å². The van der Waals surface area contributed by atoms with E-state index in [1.807, 2.05) is 24.5 Å². The number of amides is 1. The summed E-state index contributed by atoms with van der Waals surface area (Å²) in [5.41, 5.74) is 8.44. The van der Waals surface area contributed by atoms with Crippen molar-refractivity contribution in [3.8, 4) is 0 Å². The van der Waals surface area contributed by atoms with Crippen molar-refractivity contribution in [1.82, 2.24) is 9.55 Å². The molecule has 18 heavy (non-hydrogen) atoms. The summed E-state index contributed by atoms with van der Waals surface area (Å²) in [5, 5.41) is 2.83. The number of pyridine rings is 1. The summed E-state index contributed by atoms with van der Waals surface area (Å²) in [6.45, 7) is 4.55. The van der Waals surface area contributed by atoms with Gasteiger partial charge in [0.1, 0.15) is 5.69 Å². The number of nitrogen functional groups attached to an aromatic ring is 1. The number of aryl methyl sites for hydroxylation is 2. The molecule has 0 fully saturated rings. The molecule has 0 unspecified atom stereocenters. The number of nitrogens with zero attached hydrogens (tertiary/aromatic N) is 2. The van der Waals surface area contributed by atoms with Gasteiger partial charge in [0, 0.05) is 30.3 Å². The summed E-state index contributed by atoms with van der Waals surface area (Å²) in [5.74, 6) is -0.167. The third kappa shape index (κ3) is 2.51. The molecule has 0 saturated carbocycles. The first-order chi connectivity index (χ1) is 8.60. The van der Waals surface area contributed by atoms with E-state index in [4.69, 9.17) is 5.73 Å². The highest BCUT2D eigenvalue weighted by molar-refractivity contribution is 6.03. The normalized spacial score (nSPS) is 10.3. The monoisotopic (exact) mass is 244 g/mol. The summed E-state index contributed by atoms with van der Waals surface area (Å²) in [6, 6.07) is 5.25. The molecule has 0 atom stereocenters. The number of aromatic nitrogens is 2. The van der Waals surface area contributed by atoms with E-state index >= 15 is 0 Å². The lowest BCUT2D eigenvalue weighted by Crippen LogP contribution is -2.16. The van der Waals surface area contributed by atoms with E-state index < -0.39 is 0 Å². The predicted octanol–water partition coefficient (Wildman–Crippen LogP) is 2.05. The maximum Gasteiger partial charge on any atom is 0.272 e. The van der Waals surface area contributed by atoms with E-state index in [-0.39, 0.29) is 5.91 Å². The minimum atomic E-state index is -0.167. The van der Waals surface area contributed by atoms with Crippen molar-refractivity contribution < 1.29 is 4.79 Å². The van der Waals surface area contributed by atoms with Crippen LogP contribution in [0.1, 0.15) is 23.1 Å². The van der Waals surface area contributed by atoms with Crippen molar-refractivity contribution in [2.24, 2.45) is 0 Å². The molecule has 2 aromatic rings. The third-order valence-corrected chi connectivity index (χ3v) is 2.65. The van der Waals surface area contributed by atoms with Gasteiger partial charge in [-0.1, -0.05) is 0 Å². The second-order valence-electron chi connectivity index (χ2n) is 4.08. The van der Waals surface area contributed by atoms with Crippen LogP contribution in [0.15, 0.2) is 30.6 Å². The summed E-state index contributed by atoms with van der Waals surface area (Å²) < 4.78 is 1.82. The van der Waals surface area contributed by atoms with Crippen molar-refractivity contribution in [2.75, 3.05) is 11.1 Å². The second-order valence-corrected chi connectivity index (χ2v) is 4.08. The van der Waals surface area contributed by atoms with Crippen molar-refractivity contribution in [3.63, 3.8) is 0 Å². The summed E-state index contributed by atoms with van der Waals surface area (Å²) in [6.07, 6.45) is 3.42. The van der Waals surface area contributed by atoms with Gasteiger partial charge < -0.3 is 15.6 Å². The smallest absolute Gasteiger partial charge is 0.272 e. The number of nitrogens with one attached hydrogen (secondary N) is 1. The van der Waals surface area contributed by atoms with Crippen molar-refractivity contribution in [3.05, 3.63) is 42.0 Å². The standard InChI is InChI=1S/C13H16N4O/c1-3-17-8-10(14)7-12(17)13(18)16-11-4-5-15-9(2)6-11/h4-8H,3,14H2,1-2H3,(H,15,16,18). The molecule has 2 heterocycles. The molecule has 94 valence electrons. The maximum absolute atomic E-state index is 12.1. The topological polar surface area (TPSA) is 72.9 Å². The van der Waals surface area contributed by atoms with Crippen LogP contribution in [0.2, 0.25) is 0 Å². The van der Waals surface area contributed by atoms with Crippen LogP contribution in [0.3, 0.4) is 0 Å².